The van der Waals surface area contributed by atoms with Gasteiger partial charge < -0.3 is 14.8 Å². The highest BCUT2D eigenvalue weighted by atomic mass is 16.5. The molecule has 2 N–H and O–H groups in total. The molecule has 3 unspecified atom stereocenters. The van der Waals surface area contributed by atoms with E-state index in [0.29, 0.717) is 11.8 Å². The summed E-state index contributed by atoms with van der Waals surface area (Å²) in [7, 11) is 0. The molecule has 0 bridgehead atoms. The average molecular weight is 237 g/mol. The van der Waals surface area contributed by atoms with Crippen molar-refractivity contribution in [2.75, 3.05) is 13.2 Å². The minimum atomic E-state index is -0.388. The number of hydrogen-bond donors (Lipinski definition) is 2. The topological polar surface area (TPSA) is 45.2 Å². The van der Waals surface area contributed by atoms with Crippen LogP contribution in [0, 0.1) is 32.6 Å². The van der Waals surface area contributed by atoms with Crippen molar-refractivity contribution < 1.29 is 9.84 Å². The number of H-pyrrole nitrogens is 1. The molecule has 1 aromatic rings. The molecule has 1 aliphatic rings. The van der Waals surface area contributed by atoms with E-state index >= 15 is 0 Å². The molecule has 3 atom stereocenters. The largest absolute Gasteiger partial charge is 0.387 e. The van der Waals surface area contributed by atoms with E-state index in [9.17, 15) is 5.11 Å². The van der Waals surface area contributed by atoms with Gasteiger partial charge in [-0.25, -0.2) is 0 Å². The number of ether oxygens (including phenoxy) is 1. The van der Waals surface area contributed by atoms with E-state index in [1.165, 1.54) is 11.1 Å². The Morgan fingerprint density at radius 1 is 1.29 bits per heavy atom. The Hall–Kier alpha value is -0.800. The maximum atomic E-state index is 10.5. The third kappa shape index (κ3) is 2.26. The van der Waals surface area contributed by atoms with Crippen LogP contribution < -0.4 is 0 Å². The highest BCUT2D eigenvalue weighted by molar-refractivity contribution is 5.35. The highest BCUT2D eigenvalue weighted by Crippen LogP contribution is 2.35. The molecule has 1 saturated heterocycles. The van der Waals surface area contributed by atoms with Gasteiger partial charge in [-0.15, -0.1) is 0 Å². The molecule has 0 aliphatic carbocycles. The first-order valence-electron chi connectivity index (χ1n) is 6.43. The minimum absolute atomic E-state index is 0.305. The van der Waals surface area contributed by atoms with Gasteiger partial charge in [-0.3, -0.25) is 0 Å². The Balaban J connectivity index is 2.23. The lowest BCUT2D eigenvalue weighted by Crippen LogP contribution is -2.30. The summed E-state index contributed by atoms with van der Waals surface area (Å²) in [6, 6.07) is 0. The van der Waals surface area contributed by atoms with Gasteiger partial charge in [0.1, 0.15) is 0 Å². The number of rotatable bonds is 2. The number of nitrogens with one attached hydrogen (secondary N) is 1. The molecule has 17 heavy (non-hydrogen) atoms. The molecule has 0 spiro atoms. The second-order valence-corrected chi connectivity index (χ2v) is 5.36. The molecule has 1 aromatic heterocycles. The van der Waals surface area contributed by atoms with Gasteiger partial charge in [-0.2, -0.15) is 0 Å². The van der Waals surface area contributed by atoms with Crippen molar-refractivity contribution in [3.8, 4) is 0 Å². The Labute approximate surface area is 103 Å². The predicted molar refractivity (Wildman–Crippen MR) is 68.1 cm³/mol. The molecule has 1 fully saturated rings. The number of aliphatic hydroxyl groups excluding tert-OH is 1. The summed E-state index contributed by atoms with van der Waals surface area (Å²) in [5.74, 6) is 0.724. The van der Waals surface area contributed by atoms with Crippen molar-refractivity contribution in [1.82, 2.24) is 4.98 Å². The summed E-state index contributed by atoms with van der Waals surface area (Å²) in [5, 5.41) is 10.5. The highest BCUT2D eigenvalue weighted by Gasteiger charge is 2.31. The zero-order valence-electron chi connectivity index (χ0n) is 11.2. The fourth-order valence-corrected chi connectivity index (χ4v) is 2.75. The fraction of sp³-hybridized carbons (Fsp3) is 0.714. The molecule has 2 heterocycles. The normalized spacial score (nSPS) is 27.1. The molecule has 0 amide bonds. The monoisotopic (exact) mass is 237 g/mol. The molecule has 96 valence electrons. The first-order chi connectivity index (χ1) is 8.02. The molecular weight excluding hydrogens is 214 g/mol. The molecule has 3 nitrogen and oxygen atoms in total. The molecule has 2 rings (SSSR count). The van der Waals surface area contributed by atoms with Crippen molar-refractivity contribution in [1.29, 1.82) is 0 Å². The van der Waals surface area contributed by atoms with Gasteiger partial charge in [-0.05, 0) is 50.2 Å². The van der Waals surface area contributed by atoms with Crippen LogP contribution in [0.4, 0.5) is 0 Å². The van der Waals surface area contributed by atoms with Crippen LogP contribution in [0.2, 0.25) is 0 Å². The van der Waals surface area contributed by atoms with Crippen LogP contribution in [-0.2, 0) is 4.74 Å². The lowest BCUT2D eigenvalue weighted by Gasteiger charge is -2.32. The lowest BCUT2D eigenvalue weighted by atomic mass is 9.83. The number of hydrogen-bond acceptors (Lipinski definition) is 2. The van der Waals surface area contributed by atoms with Gasteiger partial charge >= 0.3 is 0 Å². The Morgan fingerprint density at radius 3 is 2.53 bits per heavy atom. The van der Waals surface area contributed by atoms with Crippen LogP contribution in [0.15, 0.2) is 0 Å². The van der Waals surface area contributed by atoms with Crippen LogP contribution >= 0.6 is 0 Å². The summed E-state index contributed by atoms with van der Waals surface area (Å²) in [6.07, 6.45) is 0.556. The minimum Gasteiger partial charge on any atom is -0.387 e. The Morgan fingerprint density at radius 2 is 2.00 bits per heavy atom. The summed E-state index contributed by atoms with van der Waals surface area (Å²) >= 11 is 0. The van der Waals surface area contributed by atoms with Crippen LogP contribution in [0.25, 0.3) is 0 Å². The molecule has 1 aliphatic heterocycles. The van der Waals surface area contributed by atoms with Crippen LogP contribution in [-0.4, -0.2) is 23.3 Å². The maximum Gasteiger partial charge on any atom is 0.0972 e. The average Bonchev–Trinajstić information content (AvgIpc) is 2.57. The molecule has 3 heteroatoms. The molecular formula is C14H23NO2. The number of aromatic nitrogens is 1. The lowest BCUT2D eigenvalue weighted by molar-refractivity contribution is -0.0324. The smallest absolute Gasteiger partial charge is 0.0972 e. The van der Waals surface area contributed by atoms with Crippen molar-refractivity contribution in [2.45, 2.75) is 40.2 Å². The van der Waals surface area contributed by atoms with E-state index in [2.05, 4.69) is 32.7 Å². The second-order valence-electron chi connectivity index (χ2n) is 5.36. The van der Waals surface area contributed by atoms with Gasteiger partial charge in [0, 0.05) is 24.6 Å². The first-order valence-corrected chi connectivity index (χ1v) is 6.43. The van der Waals surface area contributed by atoms with E-state index < -0.39 is 0 Å². The van der Waals surface area contributed by atoms with Crippen molar-refractivity contribution in [3.63, 3.8) is 0 Å². The fourth-order valence-electron chi connectivity index (χ4n) is 2.75. The van der Waals surface area contributed by atoms with Crippen LogP contribution in [0.3, 0.4) is 0 Å². The zero-order chi connectivity index (χ0) is 12.6. The van der Waals surface area contributed by atoms with Gasteiger partial charge in [0.2, 0.25) is 0 Å². The molecule has 0 radical (unpaired) electrons. The third-order valence-corrected chi connectivity index (χ3v) is 4.26. The van der Waals surface area contributed by atoms with Gasteiger partial charge in [0.15, 0.2) is 0 Å². The van der Waals surface area contributed by atoms with Gasteiger partial charge in [0.05, 0.1) is 6.10 Å². The van der Waals surface area contributed by atoms with Crippen LogP contribution in [0.5, 0.6) is 0 Å². The van der Waals surface area contributed by atoms with Gasteiger partial charge in [0.25, 0.3) is 0 Å². The van der Waals surface area contributed by atoms with Gasteiger partial charge in [-0.1, -0.05) is 6.92 Å². The van der Waals surface area contributed by atoms with Crippen molar-refractivity contribution in [2.24, 2.45) is 11.8 Å². The summed E-state index contributed by atoms with van der Waals surface area (Å²) in [6.45, 7) is 9.94. The third-order valence-electron chi connectivity index (χ3n) is 4.26. The Bertz CT molecular complexity index is 397. The number of aromatic amines is 1. The van der Waals surface area contributed by atoms with E-state index in [0.717, 1.165) is 31.0 Å². The summed E-state index contributed by atoms with van der Waals surface area (Å²) in [4.78, 5) is 3.34. The van der Waals surface area contributed by atoms with E-state index in [4.69, 9.17) is 4.74 Å². The molecule has 0 aromatic carbocycles. The molecule has 0 saturated carbocycles. The zero-order valence-corrected chi connectivity index (χ0v) is 11.2. The van der Waals surface area contributed by atoms with Crippen LogP contribution in [0.1, 0.15) is 42.0 Å². The first kappa shape index (κ1) is 12.7. The van der Waals surface area contributed by atoms with E-state index in [1.54, 1.807) is 0 Å². The van der Waals surface area contributed by atoms with Crippen molar-refractivity contribution >= 4 is 0 Å². The summed E-state index contributed by atoms with van der Waals surface area (Å²) in [5.41, 5.74) is 4.63. The maximum absolute atomic E-state index is 10.5. The predicted octanol–water partition coefficient (Wildman–Crippen LogP) is 2.65. The Kier molecular flexibility index (Phi) is 3.59. The number of aryl methyl sites for hydroxylation is 1. The van der Waals surface area contributed by atoms with E-state index in [1.807, 2.05) is 0 Å². The van der Waals surface area contributed by atoms with E-state index in [-0.39, 0.29) is 6.10 Å². The number of aliphatic hydroxyl groups is 1. The second kappa shape index (κ2) is 4.83. The van der Waals surface area contributed by atoms with Crippen molar-refractivity contribution in [3.05, 3.63) is 22.5 Å². The quantitative estimate of drug-likeness (QED) is 0.830. The standard InChI is InChI=1S/C14H23NO2/c1-8-7-17-6-5-12(8)14(16)13-10(3)9(2)11(4)15-13/h8,12,14-16H,5-7H2,1-4H3. The SMILES string of the molecule is Cc1[nH]c(C(O)C2CCOCC2C)c(C)c1C. The summed E-state index contributed by atoms with van der Waals surface area (Å²) < 4.78 is 5.44.